The van der Waals surface area contributed by atoms with Gasteiger partial charge in [0.05, 0.1) is 17.6 Å². The molecule has 33 heavy (non-hydrogen) atoms. The van der Waals surface area contributed by atoms with Crippen molar-refractivity contribution in [2.45, 2.75) is 25.9 Å². The third-order valence-corrected chi connectivity index (χ3v) is 6.80. The van der Waals surface area contributed by atoms with E-state index >= 15 is 0 Å². The van der Waals surface area contributed by atoms with Gasteiger partial charge in [-0.1, -0.05) is 58.4 Å². The number of rotatable bonds is 3. The monoisotopic (exact) mass is 503 g/mol. The molecule has 3 atom stereocenters. The van der Waals surface area contributed by atoms with E-state index in [1.54, 1.807) is 24.3 Å². The Morgan fingerprint density at radius 2 is 1.67 bits per heavy atom. The molecule has 0 spiro atoms. The summed E-state index contributed by atoms with van der Waals surface area (Å²) < 4.78 is 0.759. The molecular formula is C26H22BrN3O3. The summed E-state index contributed by atoms with van der Waals surface area (Å²) in [7, 11) is 0. The molecule has 2 saturated heterocycles. The van der Waals surface area contributed by atoms with Crippen molar-refractivity contribution in [1.82, 2.24) is 10.4 Å². The number of benzene rings is 3. The van der Waals surface area contributed by atoms with Crippen molar-refractivity contribution in [3.8, 4) is 0 Å². The van der Waals surface area contributed by atoms with E-state index in [2.05, 4.69) is 21.4 Å². The minimum atomic E-state index is -0.936. The molecule has 7 heteroatoms. The molecule has 2 aliphatic heterocycles. The minimum absolute atomic E-state index is 0.305. The third-order valence-electron chi connectivity index (χ3n) is 6.31. The number of carbonyl (C=O) groups is 3. The van der Waals surface area contributed by atoms with Crippen LogP contribution in [0.15, 0.2) is 77.3 Å². The number of carbonyl (C=O) groups excluding carboxylic acids is 3. The van der Waals surface area contributed by atoms with Crippen LogP contribution >= 0.6 is 15.9 Å². The fourth-order valence-electron chi connectivity index (χ4n) is 4.75. The van der Waals surface area contributed by atoms with Crippen molar-refractivity contribution in [2.75, 3.05) is 4.90 Å². The molecular weight excluding hydrogens is 482 g/mol. The molecule has 2 aliphatic rings. The number of hydrazine groups is 1. The number of imide groups is 1. The van der Waals surface area contributed by atoms with Gasteiger partial charge in [-0.3, -0.25) is 19.4 Å². The van der Waals surface area contributed by atoms with Gasteiger partial charge in [-0.2, -0.15) is 0 Å². The van der Waals surface area contributed by atoms with Crippen molar-refractivity contribution in [3.63, 3.8) is 0 Å². The van der Waals surface area contributed by atoms with Gasteiger partial charge in [0.15, 0.2) is 0 Å². The van der Waals surface area contributed by atoms with Crippen LogP contribution in [0.2, 0.25) is 0 Å². The second kappa shape index (κ2) is 8.24. The maximum atomic E-state index is 13.7. The van der Waals surface area contributed by atoms with Gasteiger partial charge in [0.2, 0.25) is 5.91 Å². The van der Waals surface area contributed by atoms with Crippen LogP contribution in [-0.2, 0) is 9.59 Å². The highest BCUT2D eigenvalue weighted by Gasteiger charge is 2.60. The summed E-state index contributed by atoms with van der Waals surface area (Å²) in [4.78, 5) is 42.1. The third kappa shape index (κ3) is 3.57. The first kappa shape index (κ1) is 21.6. The first-order valence-electron chi connectivity index (χ1n) is 10.7. The molecule has 5 rings (SSSR count). The smallest absolute Gasteiger partial charge is 0.268 e. The minimum Gasteiger partial charge on any atom is -0.274 e. The van der Waals surface area contributed by atoms with Gasteiger partial charge in [0, 0.05) is 10.0 Å². The molecule has 2 fully saturated rings. The van der Waals surface area contributed by atoms with Gasteiger partial charge < -0.3 is 0 Å². The van der Waals surface area contributed by atoms with E-state index in [9.17, 15) is 14.4 Å². The average Bonchev–Trinajstić information content (AvgIpc) is 3.30. The molecule has 0 saturated carbocycles. The molecule has 0 aromatic heterocycles. The van der Waals surface area contributed by atoms with Gasteiger partial charge in [-0.25, -0.2) is 10.3 Å². The lowest BCUT2D eigenvalue weighted by Crippen LogP contribution is -2.48. The van der Waals surface area contributed by atoms with Crippen LogP contribution in [0.4, 0.5) is 5.69 Å². The summed E-state index contributed by atoms with van der Waals surface area (Å²) >= 11 is 3.40. The topological polar surface area (TPSA) is 69.7 Å². The Hall–Kier alpha value is -3.29. The lowest BCUT2D eigenvalue weighted by Gasteiger charge is -2.25. The van der Waals surface area contributed by atoms with Crippen molar-refractivity contribution >= 4 is 39.3 Å². The predicted octanol–water partition coefficient (Wildman–Crippen LogP) is 4.33. The number of fused-ring (bicyclic) bond motifs is 1. The Morgan fingerprint density at radius 1 is 0.909 bits per heavy atom. The predicted molar refractivity (Wildman–Crippen MR) is 128 cm³/mol. The Morgan fingerprint density at radius 3 is 2.39 bits per heavy atom. The molecule has 3 aromatic carbocycles. The van der Waals surface area contributed by atoms with Gasteiger partial charge >= 0.3 is 0 Å². The van der Waals surface area contributed by atoms with Crippen molar-refractivity contribution in [1.29, 1.82) is 0 Å². The fraction of sp³-hybridized carbons (Fsp3) is 0.192. The molecule has 0 aliphatic carbocycles. The second-order valence-electron chi connectivity index (χ2n) is 8.47. The van der Waals surface area contributed by atoms with E-state index in [4.69, 9.17) is 0 Å². The van der Waals surface area contributed by atoms with Crippen LogP contribution in [0.5, 0.6) is 0 Å². The highest BCUT2D eigenvalue weighted by molar-refractivity contribution is 9.10. The van der Waals surface area contributed by atoms with Crippen LogP contribution in [0.3, 0.4) is 0 Å². The largest absolute Gasteiger partial charge is 0.274 e. The number of anilines is 1. The fourth-order valence-corrected chi connectivity index (χ4v) is 5.15. The molecule has 166 valence electrons. The number of amides is 3. The number of hydrogen-bond acceptors (Lipinski definition) is 4. The SMILES string of the molecule is Cc1cccc(N2C(=O)[C@@H]3[C@H](c4ccccc4C)NN(C(=O)c4cccc(Br)c4)[C@H]3C2=O)c1. The van der Waals surface area contributed by atoms with Crippen molar-refractivity contribution in [2.24, 2.45) is 5.92 Å². The molecule has 6 nitrogen and oxygen atoms in total. The molecule has 2 heterocycles. The molecule has 0 bridgehead atoms. The quantitative estimate of drug-likeness (QED) is 0.540. The summed E-state index contributed by atoms with van der Waals surface area (Å²) in [6, 6.07) is 20.6. The van der Waals surface area contributed by atoms with Gasteiger partial charge in [-0.15, -0.1) is 0 Å². The maximum absolute atomic E-state index is 13.7. The summed E-state index contributed by atoms with van der Waals surface area (Å²) in [6.45, 7) is 3.88. The number of nitrogens with zero attached hydrogens (tertiary/aromatic N) is 2. The van der Waals surface area contributed by atoms with Crippen LogP contribution < -0.4 is 10.3 Å². The Kier molecular flexibility index (Phi) is 5.38. The second-order valence-corrected chi connectivity index (χ2v) is 9.39. The summed E-state index contributed by atoms with van der Waals surface area (Å²) in [5.74, 6) is -1.78. The van der Waals surface area contributed by atoms with Gasteiger partial charge in [0.25, 0.3) is 11.8 Å². The van der Waals surface area contributed by atoms with Crippen LogP contribution in [0.25, 0.3) is 0 Å². The van der Waals surface area contributed by atoms with Crippen LogP contribution in [-0.4, -0.2) is 28.8 Å². The zero-order valence-corrected chi connectivity index (χ0v) is 19.7. The Labute approximate surface area is 200 Å². The summed E-state index contributed by atoms with van der Waals surface area (Å²) in [5, 5.41) is 1.35. The lowest BCUT2D eigenvalue weighted by atomic mass is 9.88. The number of nitrogens with one attached hydrogen (secondary N) is 1. The zero-order valence-electron chi connectivity index (χ0n) is 18.2. The molecule has 3 amide bonds. The van der Waals surface area contributed by atoms with E-state index in [1.165, 1.54) is 9.91 Å². The van der Waals surface area contributed by atoms with E-state index in [-0.39, 0.29) is 11.8 Å². The lowest BCUT2D eigenvalue weighted by molar-refractivity contribution is -0.123. The van der Waals surface area contributed by atoms with Crippen molar-refractivity contribution < 1.29 is 14.4 Å². The number of aryl methyl sites for hydroxylation is 2. The maximum Gasteiger partial charge on any atom is 0.268 e. The van der Waals surface area contributed by atoms with Gasteiger partial charge in [-0.05, 0) is 60.9 Å². The highest BCUT2D eigenvalue weighted by atomic mass is 79.9. The van der Waals surface area contributed by atoms with E-state index in [1.807, 2.05) is 62.4 Å². The van der Waals surface area contributed by atoms with E-state index in [0.29, 0.717) is 11.3 Å². The van der Waals surface area contributed by atoms with E-state index in [0.717, 1.165) is 21.2 Å². The molecule has 0 unspecified atom stereocenters. The molecule has 1 N–H and O–H groups in total. The molecule has 3 aromatic rings. The molecule has 0 radical (unpaired) electrons. The number of hydrogen-bond donors (Lipinski definition) is 1. The normalized spacial score (nSPS) is 22.1. The summed E-state index contributed by atoms with van der Waals surface area (Å²) in [6.07, 6.45) is 0. The Balaban J connectivity index is 1.61. The standard InChI is InChI=1S/C26H22BrN3O3/c1-15-7-5-11-19(13-15)29-25(32)21-22(20-12-4-3-8-16(20)2)28-30(23(21)26(29)33)24(31)17-9-6-10-18(27)14-17/h3-14,21-23,28H,1-2H3/t21-,22+,23-/m1/s1. The first-order valence-corrected chi connectivity index (χ1v) is 11.5. The van der Waals surface area contributed by atoms with E-state index < -0.39 is 23.9 Å². The van der Waals surface area contributed by atoms with Gasteiger partial charge in [0.1, 0.15) is 6.04 Å². The van der Waals surface area contributed by atoms with Crippen LogP contribution in [0.1, 0.15) is 33.1 Å². The number of halogens is 1. The van der Waals surface area contributed by atoms with Crippen molar-refractivity contribution in [3.05, 3.63) is 99.5 Å². The first-order chi connectivity index (χ1) is 15.9. The average molecular weight is 504 g/mol. The highest BCUT2D eigenvalue weighted by Crippen LogP contribution is 2.43. The Bertz CT molecular complexity index is 1290. The van der Waals surface area contributed by atoms with Crippen LogP contribution in [0, 0.1) is 19.8 Å². The zero-order chi connectivity index (χ0) is 23.3. The summed E-state index contributed by atoms with van der Waals surface area (Å²) in [5.41, 5.74) is 6.99.